The summed E-state index contributed by atoms with van der Waals surface area (Å²) in [4.78, 5) is 12.7. The van der Waals surface area contributed by atoms with E-state index in [4.69, 9.17) is 10.3 Å². The Morgan fingerprint density at radius 3 is 2.00 bits per heavy atom. The molecule has 0 aromatic carbocycles. The van der Waals surface area contributed by atoms with Crippen LogP contribution in [0.4, 0.5) is 0 Å². The van der Waals surface area contributed by atoms with Gasteiger partial charge in [-0.15, -0.1) is 0 Å². The topological polar surface area (TPSA) is 109 Å². The lowest BCUT2D eigenvalue weighted by molar-refractivity contribution is -0.129. The smallest absolute Gasteiger partial charge is 0.267 e. The van der Waals surface area contributed by atoms with Crippen LogP contribution in [0.1, 0.15) is 54.4 Å². The van der Waals surface area contributed by atoms with E-state index in [9.17, 15) is 13.2 Å². The van der Waals surface area contributed by atoms with Gasteiger partial charge in [0.2, 0.25) is 5.91 Å². The first-order valence-corrected chi connectivity index (χ1v) is 8.67. The molecule has 21 heavy (non-hydrogen) atoms. The van der Waals surface area contributed by atoms with Gasteiger partial charge in [-0.3, -0.25) is 9.35 Å². The molecular weight excluding hydrogens is 292 g/mol. The molecule has 1 rings (SSSR count). The van der Waals surface area contributed by atoms with Gasteiger partial charge in [-0.05, 0) is 46.0 Å². The van der Waals surface area contributed by atoms with Gasteiger partial charge in [0.1, 0.15) is 0 Å². The average molecular weight is 320 g/mol. The Kier molecular flexibility index (Phi) is 4.31. The Morgan fingerprint density at radius 1 is 1.29 bits per heavy atom. The lowest BCUT2D eigenvalue weighted by Crippen LogP contribution is -2.53. The van der Waals surface area contributed by atoms with E-state index in [0.29, 0.717) is 12.8 Å². The van der Waals surface area contributed by atoms with E-state index in [-0.39, 0.29) is 11.3 Å². The molecule has 1 atom stereocenters. The van der Waals surface area contributed by atoms with Crippen LogP contribution in [0.25, 0.3) is 0 Å². The highest BCUT2D eigenvalue weighted by Crippen LogP contribution is 2.66. The third-order valence-electron chi connectivity index (χ3n) is 4.10. The maximum atomic E-state index is 12.7. The van der Waals surface area contributed by atoms with Crippen LogP contribution < -0.4 is 11.1 Å². The highest BCUT2D eigenvalue weighted by atomic mass is 32.2. The normalized spacial score (nSPS) is 25.5. The van der Waals surface area contributed by atoms with Gasteiger partial charge in [-0.2, -0.15) is 8.42 Å². The standard InChI is InChI=1S/C14H28N2O4S/c1-11(2)7-14(11,8-12(3,4)15)10(17)16-13(5,6)9-21(18,19)20/h7-9,15H2,1-6H3,(H,16,17)(H,18,19,20). The second kappa shape index (κ2) is 4.93. The molecule has 0 aromatic rings. The third kappa shape index (κ3) is 4.66. The van der Waals surface area contributed by atoms with Gasteiger partial charge in [-0.1, -0.05) is 13.8 Å². The number of nitrogens with two attached hydrogens (primary N) is 1. The average Bonchev–Trinajstić information content (AvgIpc) is 2.59. The second-order valence-electron chi connectivity index (χ2n) is 8.37. The minimum absolute atomic E-state index is 0.165. The van der Waals surface area contributed by atoms with E-state index in [0.717, 1.165) is 0 Å². The van der Waals surface area contributed by atoms with E-state index in [1.807, 2.05) is 27.7 Å². The summed E-state index contributed by atoms with van der Waals surface area (Å²) < 4.78 is 31.0. The molecular formula is C14H28N2O4S. The summed E-state index contributed by atoms with van der Waals surface area (Å²) in [7, 11) is -4.16. The zero-order valence-corrected chi connectivity index (χ0v) is 14.6. The number of amides is 1. The number of hydrogen-bond acceptors (Lipinski definition) is 4. The summed E-state index contributed by atoms with van der Waals surface area (Å²) in [5, 5.41) is 2.76. The summed E-state index contributed by atoms with van der Waals surface area (Å²) in [6.45, 7) is 10.9. The Hall–Kier alpha value is -0.660. The van der Waals surface area contributed by atoms with Gasteiger partial charge in [-0.25, -0.2) is 0 Å². The van der Waals surface area contributed by atoms with Crippen molar-refractivity contribution >= 4 is 16.0 Å². The Morgan fingerprint density at radius 2 is 1.71 bits per heavy atom. The van der Waals surface area contributed by atoms with Crippen molar-refractivity contribution in [3.05, 3.63) is 0 Å². The van der Waals surface area contributed by atoms with Crippen LogP contribution in [0.5, 0.6) is 0 Å². The number of hydrogen-bond donors (Lipinski definition) is 3. The van der Waals surface area contributed by atoms with Crippen molar-refractivity contribution in [1.82, 2.24) is 5.32 Å². The minimum atomic E-state index is -4.16. The summed E-state index contributed by atoms with van der Waals surface area (Å²) in [5.41, 5.74) is 3.80. The second-order valence-corrected chi connectivity index (χ2v) is 9.82. The molecule has 7 heteroatoms. The van der Waals surface area contributed by atoms with Crippen LogP contribution in [-0.4, -0.2) is 35.7 Å². The summed E-state index contributed by atoms with van der Waals surface area (Å²) in [6, 6.07) is 0. The van der Waals surface area contributed by atoms with Crippen molar-refractivity contribution in [2.75, 3.05) is 5.75 Å². The third-order valence-corrected chi connectivity index (χ3v) is 5.19. The first kappa shape index (κ1) is 18.4. The van der Waals surface area contributed by atoms with Crippen LogP contribution in [0.15, 0.2) is 0 Å². The molecule has 0 bridgehead atoms. The fraction of sp³-hybridized carbons (Fsp3) is 0.929. The molecule has 4 N–H and O–H groups in total. The zero-order chi connectivity index (χ0) is 16.9. The van der Waals surface area contributed by atoms with Crippen LogP contribution >= 0.6 is 0 Å². The van der Waals surface area contributed by atoms with Gasteiger partial charge in [0.25, 0.3) is 10.1 Å². The Balaban J connectivity index is 2.91. The fourth-order valence-electron chi connectivity index (χ4n) is 3.18. The Labute approximate surface area is 127 Å². The summed E-state index contributed by atoms with van der Waals surface area (Å²) >= 11 is 0. The molecule has 1 aliphatic rings. The first-order valence-electron chi connectivity index (χ1n) is 7.07. The molecule has 0 spiro atoms. The highest BCUT2D eigenvalue weighted by molar-refractivity contribution is 7.85. The van der Waals surface area contributed by atoms with Crippen molar-refractivity contribution in [3.63, 3.8) is 0 Å². The molecule has 0 aliphatic heterocycles. The fourth-order valence-corrected chi connectivity index (χ4v) is 4.16. The number of nitrogens with one attached hydrogen (secondary N) is 1. The van der Waals surface area contributed by atoms with E-state index in [2.05, 4.69) is 5.32 Å². The Bertz CT molecular complexity index is 532. The first-order chi connectivity index (χ1) is 9.00. The van der Waals surface area contributed by atoms with Crippen molar-refractivity contribution < 1.29 is 17.8 Å². The van der Waals surface area contributed by atoms with Crippen molar-refractivity contribution in [2.24, 2.45) is 16.6 Å². The number of carbonyl (C=O) groups excluding carboxylic acids is 1. The van der Waals surface area contributed by atoms with Crippen LogP contribution in [0.3, 0.4) is 0 Å². The molecule has 1 fully saturated rings. The lowest BCUT2D eigenvalue weighted by Gasteiger charge is -2.32. The monoisotopic (exact) mass is 320 g/mol. The summed E-state index contributed by atoms with van der Waals surface area (Å²) in [6.07, 6.45) is 1.25. The van der Waals surface area contributed by atoms with Crippen molar-refractivity contribution in [3.8, 4) is 0 Å². The van der Waals surface area contributed by atoms with Gasteiger partial charge in [0.05, 0.1) is 16.7 Å². The quantitative estimate of drug-likeness (QED) is 0.639. The molecule has 0 radical (unpaired) electrons. The molecule has 0 aromatic heterocycles. The molecule has 1 unspecified atom stereocenters. The maximum absolute atomic E-state index is 12.7. The minimum Gasteiger partial charge on any atom is -0.350 e. The summed E-state index contributed by atoms with van der Waals surface area (Å²) in [5.74, 6) is -0.714. The number of rotatable bonds is 6. The van der Waals surface area contributed by atoms with E-state index in [1.165, 1.54) is 0 Å². The number of carbonyl (C=O) groups is 1. The van der Waals surface area contributed by atoms with Crippen LogP contribution in [0, 0.1) is 10.8 Å². The van der Waals surface area contributed by atoms with Gasteiger partial charge in [0.15, 0.2) is 0 Å². The van der Waals surface area contributed by atoms with E-state index in [1.54, 1.807) is 13.8 Å². The molecule has 124 valence electrons. The molecule has 1 aliphatic carbocycles. The molecule has 6 nitrogen and oxygen atoms in total. The molecule has 0 heterocycles. The van der Waals surface area contributed by atoms with Crippen molar-refractivity contribution in [1.29, 1.82) is 0 Å². The molecule has 0 saturated heterocycles. The highest BCUT2D eigenvalue weighted by Gasteiger charge is 2.67. The lowest BCUT2D eigenvalue weighted by atomic mass is 9.82. The van der Waals surface area contributed by atoms with Crippen molar-refractivity contribution in [2.45, 2.75) is 65.5 Å². The van der Waals surface area contributed by atoms with Crippen LogP contribution in [0.2, 0.25) is 0 Å². The predicted molar refractivity (Wildman–Crippen MR) is 82.4 cm³/mol. The van der Waals surface area contributed by atoms with E-state index >= 15 is 0 Å². The largest absolute Gasteiger partial charge is 0.350 e. The zero-order valence-electron chi connectivity index (χ0n) is 13.8. The van der Waals surface area contributed by atoms with Gasteiger partial charge >= 0.3 is 0 Å². The molecule has 1 amide bonds. The molecule has 1 saturated carbocycles. The van der Waals surface area contributed by atoms with Gasteiger partial charge < -0.3 is 11.1 Å². The van der Waals surface area contributed by atoms with Gasteiger partial charge in [0, 0.05) is 5.54 Å². The van der Waals surface area contributed by atoms with Crippen LogP contribution in [-0.2, 0) is 14.9 Å². The SMILES string of the molecule is CC(C)(N)CC1(C(=O)NC(C)(C)CS(=O)(=O)O)CC1(C)C. The van der Waals surface area contributed by atoms with E-state index < -0.39 is 32.4 Å². The maximum Gasteiger partial charge on any atom is 0.267 e. The predicted octanol–water partition coefficient (Wildman–Crippen LogP) is 1.31.